The fraction of sp³-hybridized carbons (Fsp3) is 0.733. The minimum Gasteiger partial charge on any atom is -0.309 e. The molecule has 1 saturated carbocycles. The Hall–Kier alpha value is -1.32. The predicted molar refractivity (Wildman–Crippen MR) is 77.1 cm³/mol. The van der Waals surface area contributed by atoms with Crippen LogP contribution in [0.5, 0.6) is 0 Å². The topological polar surface area (TPSA) is 57.8 Å². The second-order valence-electron chi connectivity index (χ2n) is 6.71. The molecule has 0 bridgehead atoms. The van der Waals surface area contributed by atoms with Gasteiger partial charge < -0.3 is 5.32 Å². The third-order valence-electron chi connectivity index (χ3n) is 4.35. The van der Waals surface area contributed by atoms with Crippen LogP contribution in [0.4, 0.5) is 5.82 Å². The fourth-order valence-electron chi connectivity index (χ4n) is 2.81. The smallest absolute Gasteiger partial charge is 0.231 e. The molecule has 4 heteroatoms. The summed E-state index contributed by atoms with van der Waals surface area (Å²) >= 11 is 0. The van der Waals surface area contributed by atoms with Crippen LogP contribution >= 0.6 is 0 Å². The van der Waals surface area contributed by atoms with Crippen molar-refractivity contribution in [3.8, 4) is 0 Å². The molecule has 106 valence electrons. The minimum atomic E-state index is -0.166. The molecule has 0 aromatic carbocycles. The number of hydrogen-bond donors (Lipinski definition) is 2. The van der Waals surface area contributed by atoms with Gasteiger partial charge in [-0.25, -0.2) is 0 Å². The van der Waals surface area contributed by atoms with Crippen molar-refractivity contribution in [1.29, 1.82) is 0 Å². The summed E-state index contributed by atoms with van der Waals surface area (Å²) in [6.45, 7) is 8.47. The number of hydrogen-bond acceptors (Lipinski definition) is 2. The van der Waals surface area contributed by atoms with E-state index in [1.54, 1.807) is 0 Å². The summed E-state index contributed by atoms with van der Waals surface area (Å²) in [4.78, 5) is 12.5. The number of carbonyl (C=O) groups is 1. The van der Waals surface area contributed by atoms with E-state index in [-0.39, 0.29) is 16.7 Å². The molecule has 1 aromatic heterocycles. The molecule has 0 saturated heterocycles. The summed E-state index contributed by atoms with van der Waals surface area (Å²) in [6, 6.07) is 1.94. The lowest BCUT2D eigenvalue weighted by Crippen LogP contribution is -2.33. The van der Waals surface area contributed by atoms with Crippen molar-refractivity contribution in [2.75, 3.05) is 5.32 Å². The van der Waals surface area contributed by atoms with Crippen LogP contribution in [0.15, 0.2) is 6.07 Å². The lowest BCUT2D eigenvalue weighted by Gasteiger charge is -2.25. The van der Waals surface area contributed by atoms with Crippen molar-refractivity contribution in [2.45, 2.75) is 65.2 Å². The first-order chi connectivity index (χ1) is 8.87. The Morgan fingerprint density at radius 2 is 2.05 bits per heavy atom. The number of H-pyrrole nitrogens is 1. The van der Waals surface area contributed by atoms with E-state index in [0.717, 1.165) is 37.8 Å². The van der Waals surface area contributed by atoms with Crippen molar-refractivity contribution in [2.24, 2.45) is 5.41 Å². The number of aromatic amines is 1. The van der Waals surface area contributed by atoms with Crippen molar-refractivity contribution in [3.05, 3.63) is 11.8 Å². The van der Waals surface area contributed by atoms with Gasteiger partial charge in [0.1, 0.15) is 0 Å². The molecule has 2 N–H and O–H groups in total. The first kappa shape index (κ1) is 14.1. The van der Waals surface area contributed by atoms with Gasteiger partial charge in [0.15, 0.2) is 5.82 Å². The van der Waals surface area contributed by atoms with E-state index in [9.17, 15) is 4.79 Å². The molecule has 1 heterocycles. The van der Waals surface area contributed by atoms with Crippen LogP contribution in [-0.4, -0.2) is 16.1 Å². The fourth-order valence-corrected chi connectivity index (χ4v) is 2.81. The van der Waals surface area contributed by atoms with E-state index < -0.39 is 0 Å². The van der Waals surface area contributed by atoms with Gasteiger partial charge in [-0.15, -0.1) is 0 Å². The molecule has 0 spiro atoms. The molecule has 0 aliphatic heterocycles. The quantitative estimate of drug-likeness (QED) is 0.875. The zero-order chi connectivity index (χ0) is 14.1. The van der Waals surface area contributed by atoms with Gasteiger partial charge in [0.25, 0.3) is 0 Å². The van der Waals surface area contributed by atoms with Gasteiger partial charge >= 0.3 is 0 Å². The molecule has 0 radical (unpaired) electrons. The maximum Gasteiger partial charge on any atom is 0.231 e. The van der Waals surface area contributed by atoms with Gasteiger partial charge in [0, 0.05) is 22.6 Å². The predicted octanol–water partition coefficient (Wildman–Crippen LogP) is 3.62. The maximum atomic E-state index is 12.5. The Balaban J connectivity index is 2.09. The van der Waals surface area contributed by atoms with E-state index in [4.69, 9.17) is 0 Å². The number of nitrogens with one attached hydrogen (secondary N) is 2. The van der Waals surface area contributed by atoms with Crippen molar-refractivity contribution < 1.29 is 4.79 Å². The van der Waals surface area contributed by atoms with Crippen molar-refractivity contribution >= 4 is 11.7 Å². The molecule has 4 nitrogen and oxygen atoms in total. The third kappa shape index (κ3) is 2.82. The van der Waals surface area contributed by atoms with E-state index in [0.29, 0.717) is 5.82 Å². The van der Waals surface area contributed by atoms with Crippen LogP contribution in [0.1, 0.15) is 65.5 Å². The van der Waals surface area contributed by atoms with Crippen LogP contribution in [0.25, 0.3) is 0 Å². The maximum absolute atomic E-state index is 12.5. The average Bonchev–Trinajstić information content (AvgIpc) is 2.96. The summed E-state index contributed by atoms with van der Waals surface area (Å²) in [5.74, 6) is 0.786. The molecule has 1 aromatic rings. The van der Waals surface area contributed by atoms with E-state index in [1.807, 2.05) is 6.07 Å². The van der Waals surface area contributed by atoms with Crippen LogP contribution < -0.4 is 5.32 Å². The third-order valence-corrected chi connectivity index (χ3v) is 4.35. The van der Waals surface area contributed by atoms with Gasteiger partial charge in [-0.05, 0) is 19.3 Å². The second kappa shape index (κ2) is 4.99. The zero-order valence-corrected chi connectivity index (χ0v) is 12.5. The van der Waals surface area contributed by atoms with Crippen LogP contribution in [0.3, 0.4) is 0 Å². The molecular formula is C15H25N3O. The van der Waals surface area contributed by atoms with Crippen LogP contribution in [0, 0.1) is 5.41 Å². The highest BCUT2D eigenvalue weighted by Crippen LogP contribution is 2.41. The molecule has 19 heavy (non-hydrogen) atoms. The Kier molecular flexibility index (Phi) is 3.70. The standard InChI is InChI=1S/C15H25N3O/c1-5-15(8-6-7-9-15)13(19)16-12-10-11(17-18-12)14(2,3)4/h10H,5-9H2,1-4H3,(H2,16,17,18,19). The van der Waals surface area contributed by atoms with Crippen molar-refractivity contribution in [1.82, 2.24) is 10.2 Å². The monoisotopic (exact) mass is 263 g/mol. The Morgan fingerprint density at radius 3 is 2.53 bits per heavy atom. The lowest BCUT2D eigenvalue weighted by molar-refractivity contribution is -0.125. The number of aromatic nitrogens is 2. The Labute approximate surface area is 115 Å². The highest BCUT2D eigenvalue weighted by molar-refractivity contribution is 5.94. The number of amides is 1. The van der Waals surface area contributed by atoms with Gasteiger partial charge in [-0.3, -0.25) is 9.89 Å². The molecule has 0 unspecified atom stereocenters. The molecule has 1 aliphatic carbocycles. The zero-order valence-electron chi connectivity index (χ0n) is 12.5. The summed E-state index contributed by atoms with van der Waals surface area (Å²) in [6.07, 6.45) is 5.25. The van der Waals surface area contributed by atoms with Gasteiger partial charge in [0.2, 0.25) is 5.91 Å². The number of anilines is 1. The minimum absolute atomic E-state index is 0.0196. The molecule has 2 rings (SSSR count). The van der Waals surface area contributed by atoms with Gasteiger partial charge in [-0.1, -0.05) is 40.5 Å². The van der Waals surface area contributed by atoms with Crippen molar-refractivity contribution in [3.63, 3.8) is 0 Å². The largest absolute Gasteiger partial charge is 0.309 e. The highest BCUT2D eigenvalue weighted by Gasteiger charge is 2.39. The Bertz CT molecular complexity index is 450. The summed E-state index contributed by atoms with van der Waals surface area (Å²) in [5, 5.41) is 10.2. The van der Waals surface area contributed by atoms with Crippen LogP contribution in [0.2, 0.25) is 0 Å². The number of carbonyl (C=O) groups excluding carboxylic acids is 1. The SMILES string of the molecule is CCC1(C(=O)Nc2cc(C(C)(C)C)[nH]n2)CCCC1. The highest BCUT2D eigenvalue weighted by atomic mass is 16.2. The summed E-state index contributed by atoms with van der Waals surface area (Å²) in [5.41, 5.74) is 0.895. The van der Waals surface area contributed by atoms with E-state index >= 15 is 0 Å². The second-order valence-corrected chi connectivity index (χ2v) is 6.71. The normalized spacial score (nSPS) is 18.5. The summed E-state index contributed by atoms with van der Waals surface area (Å²) in [7, 11) is 0. The number of rotatable bonds is 3. The Morgan fingerprint density at radius 1 is 1.42 bits per heavy atom. The first-order valence-corrected chi connectivity index (χ1v) is 7.25. The molecule has 1 fully saturated rings. The first-order valence-electron chi connectivity index (χ1n) is 7.25. The van der Waals surface area contributed by atoms with Crippen LogP contribution in [-0.2, 0) is 10.2 Å². The molecular weight excluding hydrogens is 238 g/mol. The van der Waals surface area contributed by atoms with Gasteiger partial charge in [0.05, 0.1) is 0 Å². The molecule has 0 atom stereocenters. The average molecular weight is 263 g/mol. The molecule has 1 amide bonds. The van der Waals surface area contributed by atoms with E-state index in [2.05, 4.69) is 43.2 Å². The summed E-state index contributed by atoms with van der Waals surface area (Å²) < 4.78 is 0. The van der Waals surface area contributed by atoms with Gasteiger partial charge in [-0.2, -0.15) is 5.10 Å². The molecule has 1 aliphatic rings. The van der Waals surface area contributed by atoms with E-state index in [1.165, 1.54) is 0 Å². The number of nitrogens with zero attached hydrogens (tertiary/aromatic N) is 1. The lowest BCUT2D eigenvalue weighted by atomic mass is 9.82.